The fourth-order valence-corrected chi connectivity index (χ4v) is 1.60. The Labute approximate surface area is 108 Å². The zero-order valence-corrected chi connectivity index (χ0v) is 10.9. The van der Waals surface area contributed by atoms with Crippen LogP contribution in [-0.4, -0.2) is 29.9 Å². The first-order valence-electron chi connectivity index (χ1n) is 6.14. The average molecular weight is 249 g/mol. The molecule has 0 aliphatic carbocycles. The van der Waals surface area contributed by atoms with Gasteiger partial charge in [-0.05, 0) is 19.4 Å². The van der Waals surface area contributed by atoms with Crippen LogP contribution >= 0.6 is 0 Å². The van der Waals surface area contributed by atoms with Crippen molar-refractivity contribution in [3.05, 3.63) is 35.9 Å². The molecule has 0 N–H and O–H groups in total. The predicted molar refractivity (Wildman–Crippen MR) is 68.8 cm³/mol. The molecular formula is C14H19NO3. The van der Waals surface area contributed by atoms with Crippen molar-refractivity contribution in [2.75, 3.05) is 13.1 Å². The van der Waals surface area contributed by atoms with Gasteiger partial charge in [-0.15, -0.1) is 0 Å². The monoisotopic (exact) mass is 249 g/mol. The fourth-order valence-electron chi connectivity index (χ4n) is 1.60. The Bertz CT molecular complexity index is 385. The predicted octanol–water partition coefficient (Wildman–Crippen LogP) is 1.99. The average Bonchev–Trinajstić information content (AvgIpc) is 2.39. The Morgan fingerprint density at radius 2 is 1.72 bits per heavy atom. The molecule has 0 saturated heterocycles. The highest BCUT2D eigenvalue weighted by Crippen LogP contribution is 2.03. The van der Waals surface area contributed by atoms with Gasteiger partial charge in [-0.3, -0.25) is 9.59 Å². The van der Waals surface area contributed by atoms with Crippen molar-refractivity contribution >= 4 is 11.9 Å². The van der Waals surface area contributed by atoms with Crippen LogP contribution < -0.4 is 0 Å². The van der Waals surface area contributed by atoms with Crippen LogP contribution in [0.4, 0.5) is 0 Å². The van der Waals surface area contributed by atoms with Crippen LogP contribution in [0.15, 0.2) is 30.3 Å². The molecule has 18 heavy (non-hydrogen) atoms. The van der Waals surface area contributed by atoms with Crippen molar-refractivity contribution in [1.82, 2.24) is 4.90 Å². The van der Waals surface area contributed by atoms with Gasteiger partial charge in [0.2, 0.25) is 5.91 Å². The van der Waals surface area contributed by atoms with Gasteiger partial charge in [0.25, 0.3) is 0 Å². The van der Waals surface area contributed by atoms with Crippen molar-refractivity contribution in [1.29, 1.82) is 0 Å². The Hall–Kier alpha value is -1.84. The number of hydrogen-bond donors (Lipinski definition) is 0. The van der Waals surface area contributed by atoms with Gasteiger partial charge in [0.05, 0.1) is 0 Å². The smallest absolute Gasteiger partial charge is 0.315 e. The van der Waals surface area contributed by atoms with Crippen LogP contribution in [0.5, 0.6) is 0 Å². The zero-order chi connectivity index (χ0) is 13.4. The maximum absolute atomic E-state index is 11.7. The summed E-state index contributed by atoms with van der Waals surface area (Å²) >= 11 is 0. The van der Waals surface area contributed by atoms with E-state index in [1.165, 1.54) is 0 Å². The summed E-state index contributed by atoms with van der Waals surface area (Å²) in [5.74, 6) is -0.659. The first-order chi connectivity index (χ1) is 8.67. The summed E-state index contributed by atoms with van der Waals surface area (Å²) in [5.41, 5.74) is 0.918. The van der Waals surface area contributed by atoms with Crippen LogP contribution in [0.1, 0.15) is 25.8 Å². The van der Waals surface area contributed by atoms with Crippen molar-refractivity contribution in [3.8, 4) is 0 Å². The van der Waals surface area contributed by atoms with E-state index in [1.807, 2.05) is 44.2 Å². The van der Waals surface area contributed by atoms with Crippen LogP contribution in [0, 0.1) is 0 Å². The minimum Gasteiger partial charge on any atom is -0.460 e. The summed E-state index contributed by atoms with van der Waals surface area (Å²) < 4.78 is 5.05. The maximum atomic E-state index is 11.7. The van der Waals surface area contributed by atoms with Gasteiger partial charge in [-0.25, -0.2) is 0 Å². The van der Waals surface area contributed by atoms with E-state index in [-0.39, 0.29) is 18.9 Å². The number of benzene rings is 1. The van der Waals surface area contributed by atoms with Crippen LogP contribution in [0.2, 0.25) is 0 Å². The lowest BCUT2D eigenvalue weighted by Gasteiger charge is -2.17. The molecular weight excluding hydrogens is 230 g/mol. The third-order valence-corrected chi connectivity index (χ3v) is 2.65. The van der Waals surface area contributed by atoms with Gasteiger partial charge in [0.15, 0.2) is 0 Å². The first-order valence-corrected chi connectivity index (χ1v) is 6.14. The largest absolute Gasteiger partial charge is 0.460 e. The Morgan fingerprint density at radius 1 is 1.11 bits per heavy atom. The van der Waals surface area contributed by atoms with Gasteiger partial charge < -0.3 is 9.64 Å². The molecule has 0 unspecified atom stereocenters. The fraction of sp³-hybridized carbons (Fsp3) is 0.429. The van der Waals surface area contributed by atoms with Crippen LogP contribution in [-0.2, 0) is 20.9 Å². The molecule has 0 saturated carbocycles. The van der Waals surface area contributed by atoms with Crippen molar-refractivity contribution < 1.29 is 14.3 Å². The second-order valence-corrected chi connectivity index (χ2v) is 3.89. The summed E-state index contributed by atoms with van der Waals surface area (Å²) in [7, 11) is 0. The minimum absolute atomic E-state index is 0.182. The van der Waals surface area contributed by atoms with Crippen LogP contribution in [0.25, 0.3) is 0 Å². The Balaban J connectivity index is 2.36. The molecule has 98 valence electrons. The highest BCUT2D eigenvalue weighted by Gasteiger charge is 2.15. The molecule has 0 fully saturated rings. The highest BCUT2D eigenvalue weighted by molar-refractivity contribution is 5.94. The molecule has 0 radical (unpaired) electrons. The molecule has 0 spiro atoms. The first kappa shape index (κ1) is 14.2. The van der Waals surface area contributed by atoms with Gasteiger partial charge in [0, 0.05) is 13.1 Å². The highest BCUT2D eigenvalue weighted by atomic mass is 16.5. The molecule has 0 aromatic heterocycles. The Kier molecular flexibility index (Phi) is 5.91. The molecule has 0 aliphatic rings. The molecule has 0 bridgehead atoms. The molecule has 0 atom stereocenters. The standard InChI is InChI=1S/C14H19NO3/c1-3-15(4-2)13(16)10-14(17)18-11-12-8-6-5-7-9-12/h5-9H,3-4,10-11H2,1-2H3. The van der Waals surface area contributed by atoms with Crippen molar-refractivity contribution in [2.24, 2.45) is 0 Å². The molecule has 1 amide bonds. The van der Waals surface area contributed by atoms with E-state index >= 15 is 0 Å². The third kappa shape index (κ3) is 4.57. The summed E-state index contributed by atoms with van der Waals surface area (Å²) in [6.07, 6.45) is -0.186. The summed E-state index contributed by atoms with van der Waals surface area (Å²) in [6.45, 7) is 5.21. The molecule has 1 aromatic rings. The number of hydrogen-bond acceptors (Lipinski definition) is 3. The maximum Gasteiger partial charge on any atom is 0.315 e. The number of nitrogens with zero attached hydrogens (tertiary/aromatic N) is 1. The van der Waals surface area contributed by atoms with E-state index in [1.54, 1.807) is 4.90 Å². The van der Waals surface area contributed by atoms with E-state index in [0.717, 1.165) is 5.56 Å². The molecule has 1 aromatic carbocycles. The lowest BCUT2D eigenvalue weighted by molar-refractivity contribution is -0.150. The van der Waals surface area contributed by atoms with Gasteiger partial charge in [0.1, 0.15) is 13.0 Å². The number of carbonyl (C=O) groups excluding carboxylic acids is 2. The number of ether oxygens (including phenoxy) is 1. The molecule has 0 heterocycles. The number of amides is 1. The topological polar surface area (TPSA) is 46.6 Å². The number of esters is 1. The second kappa shape index (κ2) is 7.48. The van der Waals surface area contributed by atoms with E-state index in [9.17, 15) is 9.59 Å². The number of rotatable bonds is 6. The quantitative estimate of drug-likeness (QED) is 0.572. The van der Waals surface area contributed by atoms with E-state index in [0.29, 0.717) is 13.1 Å². The van der Waals surface area contributed by atoms with E-state index in [2.05, 4.69) is 0 Å². The molecule has 1 rings (SSSR count). The van der Waals surface area contributed by atoms with E-state index < -0.39 is 5.97 Å². The van der Waals surface area contributed by atoms with E-state index in [4.69, 9.17) is 4.74 Å². The molecule has 0 aliphatic heterocycles. The Morgan fingerprint density at radius 3 is 2.28 bits per heavy atom. The summed E-state index contributed by atoms with van der Waals surface area (Å²) in [5, 5.41) is 0. The second-order valence-electron chi connectivity index (χ2n) is 3.89. The van der Waals surface area contributed by atoms with Gasteiger partial charge >= 0.3 is 5.97 Å². The minimum atomic E-state index is -0.476. The summed E-state index contributed by atoms with van der Waals surface area (Å²) in [4.78, 5) is 24.8. The zero-order valence-electron chi connectivity index (χ0n) is 10.9. The van der Waals surface area contributed by atoms with Gasteiger partial charge in [-0.2, -0.15) is 0 Å². The molecule has 4 nitrogen and oxygen atoms in total. The SMILES string of the molecule is CCN(CC)C(=O)CC(=O)OCc1ccccc1. The molecule has 4 heteroatoms. The number of carbonyl (C=O) groups is 2. The third-order valence-electron chi connectivity index (χ3n) is 2.65. The van der Waals surface area contributed by atoms with Crippen LogP contribution in [0.3, 0.4) is 0 Å². The van der Waals surface area contributed by atoms with Crippen molar-refractivity contribution in [2.45, 2.75) is 26.9 Å². The van der Waals surface area contributed by atoms with Gasteiger partial charge in [-0.1, -0.05) is 30.3 Å². The lowest BCUT2D eigenvalue weighted by Crippen LogP contribution is -2.32. The lowest BCUT2D eigenvalue weighted by atomic mass is 10.2. The van der Waals surface area contributed by atoms with Crippen molar-refractivity contribution in [3.63, 3.8) is 0 Å². The summed E-state index contributed by atoms with van der Waals surface area (Å²) in [6, 6.07) is 9.41. The normalized spacial score (nSPS) is 9.89.